The van der Waals surface area contributed by atoms with Crippen molar-refractivity contribution >= 4 is 23.5 Å². The van der Waals surface area contributed by atoms with E-state index in [1.165, 1.54) is 12.0 Å². The lowest BCUT2D eigenvalue weighted by molar-refractivity contribution is -0.141. The number of carbonyl (C=O) groups excluding carboxylic acids is 2. The Kier molecular flexibility index (Phi) is 5.16. The number of aryl methyl sites for hydroxylation is 1. The zero-order chi connectivity index (χ0) is 13.7. The molecule has 1 amide bonds. The number of methoxy groups -OCH3 is 1. The van der Waals surface area contributed by atoms with Crippen LogP contribution in [-0.4, -0.2) is 37.0 Å². The standard InChI is InChI=1S/C13H16ClNO3/c1-4-15(8-12(16)18-3)13(17)10-6-5-9(2)7-11(10)14/h5-7H,4,8H2,1-3H3. The lowest BCUT2D eigenvalue weighted by atomic mass is 10.1. The lowest BCUT2D eigenvalue weighted by Crippen LogP contribution is -2.36. The molecule has 1 aromatic rings. The SMILES string of the molecule is CCN(CC(=O)OC)C(=O)c1ccc(C)cc1Cl. The van der Waals surface area contributed by atoms with E-state index in [2.05, 4.69) is 4.74 Å². The number of amides is 1. The van der Waals surface area contributed by atoms with Crippen molar-refractivity contribution in [1.29, 1.82) is 0 Å². The Labute approximate surface area is 111 Å². The Morgan fingerprint density at radius 3 is 2.56 bits per heavy atom. The van der Waals surface area contributed by atoms with Gasteiger partial charge in [-0.15, -0.1) is 0 Å². The Hall–Kier alpha value is -1.55. The third-order valence-electron chi connectivity index (χ3n) is 2.57. The summed E-state index contributed by atoms with van der Waals surface area (Å²) < 4.78 is 4.55. The van der Waals surface area contributed by atoms with Crippen LogP contribution in [0.3, 0.4) is 0 Å². The predicted octanol–water partition coefficient (Wildman–Crippen LogP) is 2.28. The smallest absolute Gasteiger partial charge is 0.325 e. The Morgan fingerprint density at radius 1 is 1.39 bits per heavy atom. The average Bonchev–Trinajstić information content (AvgIpc) is 2.34. The largest absolute Gasteiger partial charge is 0.468 e. The van der Waals surface area contributed by atoms with E-state index in [0.717, 1.165) is 5.56 Å². The summed E-state index contributed by atoms with van der Waals surface area (Å²) in [6.07, 6.45) is 0. The first-order valence-electron chi connectivity index (χ1n) is 5.61. The second-order valence-electron chi connectivity index (χ2n) is 3.88. The number of halogens is 1. The summed E-state index contributed by atoms with van der Waals surface area (Å²) in [5.41, 5.74) is 1.38. The second kappa shape index (κ2) is 6.40. The maximum Gasteiger partial charge on any atom is 0.325 e. The number of benzene rings is 1. The van der Waals surface area contributed by atoms with Crippen molar-refractivity contribution in [1.82, 2.24) is 4.90 Å². The molecule has 1 aromatic carbocycles. The molecule has 0 unspecified atom stereocenters. The molecule has 0 aliphatic heterocycles. The highest BCUT2D eigenvalue weighted by Crippen LogP contribution is 2.19. The van der Waals surface area contributed by atoms with E-state index < -0.39 is 5.97 Å². The number of rotatable bonds is 4. The van der Waals surface area contributed by atoms with Gasteiger partial charge in [-0.1, -0.05) is 17.7 Å². The van der Waals surface area contributed by atoms with E-state index in [4.69, 9.17) is 11.6 Å². The summed E-state index contributed by atoms with van der Waals surface area (Å²) in [7, 11) is 1.29. The van der Waals surface area contributed by atoms with Gasteiger partial charge in [-0.25, -0.2) is 0 Å². The van der Waals surface area contributed by atoms with Crippen LogP contribution in [0, 0.1) is 6.92 Å². The number of likely N-dealkylation sites (N-methyl/N-ethyl adjacent to an activating group) is 1. The first kappa shape index (κ1) is 14.5. The summed E-state index contributed by atoms with van der Waals surface area (Å²) in [6, 6.07) is 5.20. The zero-order valence-electron chi connectivity index (χ0n) is 10.7. The van der Waals surface area contributed by atoms with Gasteiger partial charge in [0.1, 0.15) is 6.54 Å². The summed E-state index contributed by atoms with van der Waals surface area (Å²) in [5, 5.41) is 0.392. The van der Waals surface area contributed by atoms with Gasteiger partial charge in [-0.2, -0.15) is 0 Å². The van der Waals surface area contributed by atoms with Gasteiger partial charge in [0.2, 0.25) is 0 Å². The van der Waals surface area contributed by atoms with E-state index in [1.807, 2.05) is 13.0 Å². The van der Waals surface area contributed by atoms with Crippen LogP contribution in [-0.2, 0) is 9.53 Å². The lowest BCUT2D eigenvalue weighted by Gasteiger charge is -2.20. The normalized spacial score (nSPS) is 10.0. The molecule has 5 heteroatoms. The minimum absolute atomic E-state index is 0.0734. The predicted molar refractivity (Wildman–Crippen MR) is 69.8 cm³/mol. The topological polar surface area (TPSA) is 46.6 Å². The number of hydrogen-bond acceptors (Lipinski definition) is 3. The van der Waals surface area contributed by atoms with Crippen molar-refractivity contribution in [2.75, 3.05) is 20.2 Å². The second-order valence-corrected chi connectivity index (χ2v) is 4.29. The van der Waals surface area contributed by atoms with Gasteiger partial charge in [0.15, 0.2) is 0 Å². The van der Waals surface area contributed by atoms with Crippen LogP contribution in [0.25, 0.3) is 0 Å². The molecule has 0 atom stereocenters. The minimum Gasteiger partial charge on any atom is -0.468 e. The molecule has 0 spiro atoms. The van der Waals surface area contributed by atoms with Crippen LogP contribution in [0.5, 0.6) is 0 Å². The highest BCUT2D eigenvalue weighted by atomic mass is 35.5. The van der Waals surface area contributed by atoms with Crippen molar-refractivity contribution in [2.24, 2.45) is 0 Å². The number of carbonyl (C=O) groups is 2. The fourth-order valence-corrected chi connectivity index (χ4v) is 1.83. The van der Waals surface area contributed by atoms with Crippen molar-refractivity contribution in [2.45, 2.75) is 13.8 Å². The van der Waals surface area contributed by atoms with Gasteiger partial charge in [-0.05, 0) is 31.5 Å². The number of esters is 1. The van der Waals surface area contributed by atoms with Gasteiger partial charge in [0, 0.05) is 6.54 Å². The molecule has 0 saturated heterocycles. The minimum atomic E-state index is -0.451. The van der Waals surface area contributed by atoms with Crippen molar-refractivity contribution in [3.63, 3.8) is 0 Å². The van der Waals surface area contributed by atoms with Crippen molar-refractivity contribution < 1.29 is 14.3 Å². The molecule has 4 nitrogen and oxygen atoms in total. The zero-order valence-corrected chi connectivity index (χ0v) is 11.5. The van der Waals surface area contributed by atoms with Crippen LogP contribution in [0.4, 0.5) is 0 Å². The van der Waals surface area contributed by atoms with Crippen LogP contribution in [0.2, 0.25) is 5.02 Å². The summed E-state index contributed by atoms with van der Waals surface area (Å²) in [6.45, 7) is 4.03. The van der Waals surface area contributed by atoms with Gasteiger partial charge >= 0.3 is 5.97 Å². The molecule has 0 aromatic heterocycles. The highest BCUT2D eigenvalue weighted by molar-refractivity contribution is 6.33. The molecule has 0 saturated carbocycles. The molecule has 0 aliphatic carbocycles. The average molecular weight is 270 g/mol. The quantitative estimate of drug-likeness (QED) is 0.788. The summed E-state index contributed by atoms with van der Waals surface area (Å²) in [4.78, 5) is 24.8. The first-order chi connectivity index (χ1) is 8.49. The molecule has 0 fully saturated rings. The van der Waals surface area contributed by atoms with E-state index >= 15 is 0 Å². The molecule has 0 radical (unpaired) electrons. The maximum absolute atomic E-state index is 12.2. The van der Waals surface area contributed by atoms with E-state index in [0.29, 0.717) is 17.1 Å². The molecular weight excluding hydrogens is 254 g/mol. The van der Waals surface area contributed by atoms with Crippen LogP contribution in [0.1, 0.15) is 22.8 Å². The molecule has 18 heavy (non-hydrogen) atoms. The van der Waals surface area contributed by atoms with Gasteiger partial charge in [0.25, 0.3) is 5.91 Å². The van der Waals surface area contributed by atoms with E-state index in [9.17, 15) is 9.59 Å². The number of hydrogen-bond donors (Lipinski definition) is 0. The monoisotopic (exact) mass is 269 g/mol. The Balaban J connectivity index is 2.93. The molecule has 98 valence electrons. The maximum atomic E-state index is 12.2. The van der Waals surface area contributed by atoms with E-state index in [-0.39, 0.29) is 12.5 Å². The number of ether oxygens (including phenoxy) is 1. The Bertz CT molecular complexity index is 460. The van der Waals surface area contributed by atoms with Crippen molar-refractivity contribution in [3.05, 3.63) is 34.3 Å². The third kappa shape index (κ3) is 3.47. The number of nitrogens with zero attached hydrogens (tertiary/aromatic N) is 1. The summed E-state index contributed by atoms with van der Waals surface area (Å²) >= 11 is 6.03. The Morgan fingerprint density at radius 2 is 2.06 bits per heavy atom. The molecule has 1 rings (SSSR count). The van der Waals surface area contributed by atoms with Crippen LogP contribution >= 0.6 is 11.6 Å². The van der Waals surface area contributed by atoms with Crippen LogP contribution < -0.4 is 0 Å². The first-order valence-corrected chi connectivity index (χ1v) is 5.99. The molecular formula is C13H16ClNO3. The molecule has 0 aliphatic rings. The van der Waals surface area contributed by atoms with Crippen molar-refractivity contribution in [3.8, 4) is 0 Å². The van der Waals surface area contributed by atoms with Gasteiger partial charge < -0.3 is 9.64 Å². The molecule has 0 heterocycles. The highest BCUT2D eigenvalue weighted by Gasteiger charge is 2.19. The third-order valence-corrected chi connectivity index (χ3v) is 2.88. The fourth-order valence-electron chi connectivity index (χ4n) is 1.51. The molecule has 0 N–H and O–H groups in total. The van der Waals surface area contributed by atoms with Gasteiger partial charge in [-0.3, -0.25) is 9.59 Å². The summed E-state index contributed by atoms with van der Waals surface area (Å²) in [5.74, 6) is -0.721. The van der Waals surface area contributed by atoms with E-state index in [1.54, 1.807) is 19.1 Å². The van der Waals surface area contributed by atoms with Crippen LogP contribution in [0.15, 0.2) is 18.2 Å². The van der Waals surface area contributed by atoms with Gasteiger partial charge in [0.05, 0.1) is 17.7 Å². The fraction of sp³-hybridized carbons (Fsp3) is 0.385. The molecule has 0 bridgehead atoms.